The number of piperidine rings is 1. The Hall–Kier alpha value is -1.51. The first-order chi connectivity index (χ1) is 17.0. The lowest BCUT2D eigenvalue weighted by Crippen LogP contribution is -2.56. The van der Waals surface area contributed by atoms with Gasteiger partial charge >= 0.3 is 0 Å². The SMILES string of the molecule is NCC(=O)N1CCC(CC(O)N2CCN(C3C4=NC=CCC4CCC4=C3CCC(Cl)=C4)CC2)CC1. The third kappa shape index (κ3) is 5.59. The number of halogens is 1. The van der Waals surface area contributed by atoms with Crippen molar-refractivity contribution < 1.29 is 9.90 Å². The van der Waals surface area contributed by atoms with E-state index in [1.807, 2.05) is 11.1 Å². The third-order valence-corrected chi connectivity index (χ3v) is 9.04. The van der Waals surface area contributed by atoms with E-state index in [1.165, 1.54) is 16.9 Å². The number of aliphatic hydroxyl groups is 1. The minimum atomic E-state index is -0.415. The molecular formula is C27H40ClN5O2. The molecule has 2 saturated heterocycles. The van der Waals surface area contributed by atoms with Gasteiger partial charge < -0.3 is 15.7 Å². The van der Waals surface area contributed by atoms with Crippen molar-refractivity contribution in [1.82, 2.24) is 14.7 Å². The summed E-state index contributed by atoms with van der Waals surface area (Å²) in [5, 5.41) is 12.0. The molecule has 0 bridgehead atoms. The van der Waals surface area contributed by atoms with Crippen LogP contribution in [0.4, 0.5) is 0 Å². The number of aliphatic hydroxyl groups excluding tert-OH is 1. The van der Waals surface area contributed by atoms with Gasteiger partial charge in [-0.25, -0.2) is 0 Å². The van der Waals surface area contributed by atoms with E-state index in [-0.39, 0.29) is 18.5 Å². The van der Waals surface area contributed by atoms with Crippen molar-refractivity contribution in [2.45, 2.75) is 63.6 Å². The molecule has 3 aliphatic heterocycles. The van der Waals surface area contributed by atoms with E-state index < -0.39 is 6.23 Å². The summed E-state index contributed by atoms with van der Waals surface area (Å²) in [5.41, 5.74) is 9.81. The molecule has 3 atom stereocenters. The van der Waals surface area contributed by atoms with Gasteiger partial charge in [-0.1, -0.05) is 17.7 Å². The normalized spacial score (nSPS) is 29.7. The van der Waals surface area contributed by atoms with Gasteiger partial charge in [0, 0.05) is 62.1 Å². The largest absolute Gasteiger partial charge is 0.378 e. The molecule has 192 valence electrons. The van der Waals surface area contributed by atoms with Gasteiger partial charge in [0.2, 0.25) is 5.91 Å². The van der Waals surface area contributed by atoms with Crippen LogP contribution < -0.4 is 5.73 Å². The van der Waals surface area contributed by atoms with Crippen molar-refractivity contribution in [3.05, 3.63) is 34.5 Å². The number of carbonyl (C=O) groups excluding carboxylic acids is 1. The highest BCUT2D eigenvalue weighted by Crippen LogP contribution is 2.40. The van der Waals surface area contributed by atoms with Crippen molar-refractivity contribution in [2.24, 2.45) is 22.6 Å². The molecule has 0 radical (unpaired) electrons. The quantitative estimate of drug-likeness (QED) is 0.605. The van der Waals surface area contributed by atoms with Gasteiger partial charge in [-0.05, 0) is 74.5 Å². The summed E-state index contributed by atoms with van der Waals surface area (Å²) in [6, 6.07) is 0.271. The van der Waals surface area contributed by atoms with Crippen molar-refractivity contribution >= 4 is 23.2 Å². The summed E-state index contributed by atoms with van der Waals surface area (Å²) in [5.74, 6) is 1.01. The van der Waals surface area contributed by atoms with Gasteiger partial charge in [-0.2, -0.15) is 0 Å². The zero-order valence-corrected chi connectivity index (χ0v) is 21.5. The van der Waals surface area contributed by atoms with Gasteiger partial charge in [0.1, 0.15) is 6.23 Å². The molecule has 1 amide bonds. The van der Waals surface area contributed by atoms with Crippen LogP contribution in [-0.4, -0.2) is 89.5 Å². The second-order valence-corrected chi connectivity index (χ2v) is 11.3. The average Bonchev–Trinajstić information content (AvgIpc) is 3.05. The number of carbonyl (C=O) groups is 1. The molecule has 0 aromatic rings. The van der Waals surface area contributed by atoms with Crippen LogP contribution in [0.25, 0.3) is 0 Å². The van der Waals surface area contributed by atoms with E-state index in [4.69, 9.17) is 22.3 Å². The van der Waals surface area contributed by atoms with Crippen LogP contribution in [0, 0.1) is 11.8 Å². The predicted octanol–water partition coefficient (Wildman–Crippen LogP) is 2.86. The molecule has 2 aliphatic carbocycles. The molecule has 3 heterocycles. The van der Waals surface area contributed by atoms with Crippen LogP contribution in [0.15, 0.2) is 39.5 Å². The number of fused-ring (bicyclic) bond motifs is 1. The molecule has 3 N–H and O–H groups in total. The Bertz CT molecular complexity index is 913. The minimum absolute atomic E-state index is 0.0351. The van der Waals surface area contributed by atoms with Crippen molar-refractivity contribution in [3.8, 4) is 0 Å². The molecule has 0 aromatic heterocycles. The van der Waals surface area contributed by atoms with Gasteiger partial charge in [-0.15, -0.1) is 0 Å². The Kier molecular flexibility index (Phi) is 8.09. The molecule has 2 fully saturated rings. The molecule has 0 saturated carbocycles. The molecule has 0 aromatic carbocycles. The average molecular weight is 502 g/mol. The van der Waals surface area contributed by atoms with E-state index in [1.54, 1.807) is 0 Å². The van der Waals surface area contributed by atoms with Crippen molar-refractivity contribution in [1.29, 1.82) is 0 Å². The number of nitrogens with two attached hydrogens (primary N) is 1. The third-order valence-electron chi connectivity index (χ3n) is 8.74. The number of hydrogen-bond donors (Lipinski definition) is 2. The Morgan fingerprint density at radius 1 is 1.11 bits per heavy atom. The molecule has 8 heteroatoms. The zero-order chi connectivity index (χ0) is 24.4. The number of allylic oxidation sites excluding steroid dienone is 4. The zero-order valence-electron chi connectivity index (χ0n) is 20.7. The fourth-order valence-electron chi connectivity index (χ4n) is 6.67. The number of hydrogen-bond acceptors (Lipinski definition) is 6. The number of aliphatic imine (C=N–C) groups is 1. The highest BCUT2D eigenvalue weighted by molar-refractivity contribution is 6.29. The molecular weight excluding hydrogens is 462 g/mol. The van der Waals surface area contributed by atoms with Crippen LogP contribution >= 0.6 is 11.6 Å². The fraction of sp³-hybridized carbons (Fsp3) is 0.704. The summed E-state index contributed by atoms with van der Waals surface area (Å²) >= 11 is 6.45. The minimum Gasteiger partial charge on any atom is -0.378 e. The van der Waals surface area contributed by atoms with Gasteiger partial charge in [0.15, 0.2) is 0 Å². The highest BCUT2D eigenvalue weighted by atomic mass is 35.5. The van der Waals surface area contributed by atoms with Crippen LogP contribution in [0.2, 0.25) is 0 Å². The fourth-order valence-corrected chi connectivity index (χ4v) is 6.89. The molecule has 0 spiro atoms. The van der Waals surface area contributed by atoms with Gasteiger partial charge in [-0.3, -0.25) is 19.6 Å². The lowest BCUT2D eigenvalue weighted by atomic mass is 9.85. The Morgan fingerprint density at radius 2 is 1.89 bits per heavy atom. The van der Waals surface area contributed by atoms with Crippen molar-refractivity contribution in [2.75, 3.05) is 45.8 Å². The number of amides is 1. The van der Waals surface area contributed by atoms with Gasteiger partial charge in [0.05, 0.1) is 12.6 Å². The summed E-state index contributed by atoms with van der Waals surface area (Å²) in [6.45, 7) is 5.23. The summed E-state index contributed by atoms with van der Waals surface area (Å²) in [4.78, 5) is 23.5. The lowest BCUT2D eigenvalue weighted by molar-refractivity contribution is -0.131. The monoisotopic (exact) mass is 501 g/mol. The summed E-state index contributed by atoms with van der Waals surface area (Å²) in [6.07, 6.45) is 14.0. The first-order valence-electron chi connectivity index (χ1n) is 13.5. The first kappa shape index (κ1) is 25.2. The molecule has 5 aliphatic rings. The topological polar surface area (TPSA) is 85.4 Å². The van der Waals surface area contributed by atoms with Crippen LogP contribution in [-0.2, 0) is 4.79 Å². The summed E-state index contributed by atoms with van der Waals surface area (Å²) < 4.78 is 0. The van der Waals surface area contributed by atoms with Crippen LogP contribution in [0.1, 0.15) is 51.4 Å². The van der Waals surface area contributed by atoms with E-state index in [2.05, 4.69) is 22.0 Å². The number of piperazine rings is 1. The van der Waals surface area contributed by atoms with Gasteiger partial charge in [0.25, 0.3) is 0 Å². The number of likely N-dealkylation sites (tertiary alicyclic amines) is 1. The van der Waals surface area contributed by atoms with Crippen LogP contribution in [0.5, 0.6) is 0 Å². The smallest absolute Gasteiger partial charge is 0.236 e. The maximum Gasteiger partial charge on any atom is 0.236 e. The molecule has 7 nitrogen and oxygen atoms in total. The molecule has 3 unspecified atom stereocenters. The number of nitrogens with zero attached hydrogens (tertiary/aromatic N) is 4. The molecule has 5 rings (SSSR count). The van der Waals surface area contributed by atoms with E-state index >= 15 is 0 Å². The predicted molar refractivity (Wildman–Crippen MR) is 140 cm³/mol. The first-order valence-corrected chi connectivity index (χ1v) is 13.9. The van der Waals surface area contributed by atoms with E-state index in [0.717, 1.165) is 95.7 Å². The Balaban J connectivity index is 1.21. The maximum atomic E-state index is 11.8. The summed E-state index contributed by atoms with van der Waals surface area (Å²) in [7, 11) is 0. The number of rotatable bonds is 5. The Labute approximate surface area is 214 Å². The Morgan fingerprint density at radius 3 is 2.63 bits per heavy atom. The van der Waals surface area contributed by atoms with Crippen molar-refractivity contribution in [3.63, 3.8) is 0 Å². The second kappa shape index (κ2) is 11.3. The highest BCUT2D eigenvalue weighted by Gasteiger charge is 2.38. The van der Waals surface area contributed by atoms with E-state index in [0.29, 0.717) is 11.8 Å². The lowest BCUT2D eigenvalue weighted by Gasteiger charge is -2.44. The molecule has 35 heavy (non-hydrogen) atoms. The standard InChI is InChI=1S/C27H40ClN5O2/c28-22-5-6-23-21(17-22)4-3-20-2-1-9-30-26(20)27(23)33-14-12-32(13-15-33)24(34)16-19-7-10-31(11-8-19)25(35)18-29/h1,9,17,19-20,24,27,34H,2-8,10-16,18,29H2. The maximum absolute atomic E-state index is 11.8. The van der Waals surface area contributed by atoms with E-state index in [9.17, 15) is 9.90 Å². The van der Waals surface area contributed by atoms with Crippen LogP contribution in [0.3, 0.4) is 0 Å². The second-order valence-electron chi connectivity index (χ2n) is 10.8.